The van der Waals surface area contributed by atoms with Crippen LogP contribution in [0.1, 0.15) is 38.5 Å². The summed E-state index contributed by atoms with van der Waals surface area (Å²) >= 11 is 0. The van der Waals surface area contributed by atoms with Gasteiger partial charge >= 0.3 is 0 Å². The van der Waals surface area contributed by atoms with Crippen LogP contribution >= 0.6 is 0 Å². The summed E-state index contributed by atoms with van der Waals surface area (Å²) in [4.78, 5) is 16.4. The molecule has 0 aromatic heterocycles. The van der Waals surface area contributed by atoms with E-state index in [0.717, 1.165) is 26.1 Å². The Morgan fingerprint density at radius 3 is 2.33 bits per heavy atom. The van der Waals surface area contributed by atoms with Gasteiger partial charge in [0.1, 0.15) is 0 Å². The van der Waals surface area contributed by atoms with Crippen LogP contribution in [0.15, 0.2) is 0 Å². The SMILES string of the molecule is O=C(CNCCCN1CCCC1)N1CCCCC1. The lowest BCUT2D eigenvalue weighted by Crippen LogP contribution is -2.41. The lowest BCUT2D eigenvalue weighted by molar-refractivity contribution is -0.131. The lowest BCUT2D eigenvalue weighted by Gasteiger charge is -2.26. The number of likely N-dealkylation sites (tertiary alicyclic amines) is 2. The molecule has 0 aromatic carbocycles. The average molecular weight is 253 g/mol. The van der Waals surface area contributed by atoms with Gasteiger partial charge in [-0.25, -0.2) is 0 Å². The van der Waals surface area contributed by atoms with Crippen molar-refractivity contribution in [3.8, 4) is 0 Å². The number of nitrogens with one attached hydrogen (secondary N) is 1. The first-order valence-corrected chi connectivity index (χ1v) is 7.57. The van der Waals surface area contributed by atoms with Gasteiger partial charge in [-0.15, -0.1) is 0 Å². The molecule has 2 saturated heterocycles. The Balaban J connectivity index is 1.48. The van der Waals surface area contributed by atoms with E-state index in [1.54, 1.807) is 0 Å². The lowest BCUT2D eigenvalue weighted by atomic mass is 10.1. The van der Waals surface area contributed by atoms with Gasteiger partial charge in [0.05, 0.1) is 6.54 Å². The predicted octanol–water partition coefficient (Wildman–Crippen LogP) is 1.07. The molecule has 2 aliphatic heterocycles. The van der Waals surface area contributed by atoms with E-state index in [1.807, 2.05) is 4.90 Å². The predicted molar refractivity (Wildman–Crippen MR) is 73.6 cm³/mol. The third-order valence-electron chi connectivity index (χ3n) is 4.01. The summed E-state index contributed by atoms with van der Waals surface area (Å²) in [5, 5.41) is 3.29. The van der Waals surface area contributed by atoms with E-state index in [-0.39, 0.29) is 5.91 Å². The summed E-state index contributed by atoms with van der Waals surface area (Å²) in [5.74, 6) is 0.288. The fourth-order valence-electron chi connectivity index (χ4n) is 2.88. The highest BCUT2D eigenvalue weighted by atomic mass is 16.2. The Morgan fingerprint density at radius 1 is 0.944 bits per heavy atom. The summed E-state index contributed by atoms with van der Waals surface area (Å²) < 4.78 is 0. The van der Waals surface area contributed by atoms with Gasteiger partial charge in [-0.3, -0.25) is 4.79 Å². The van der Waals surface area contributed by atoms with Crippen LogP contribution < -0.4 is 5.32 Å². The second-order valence-corrected chi connectivity index (χ2v) is 5.52. The summed E-state index contributed by atoms with van der Waals surface area (Å²) in [6.07, 6.45) is 7.53. The van der Waals surface area contributed by atoms with Crippen molar-refractivity contribution in [2.24, 2.45) is 0 Å². The molecule has 2 fully saturated rings. The summed E-state index contributed by atoms with van der Waals surface area (Å²) in [5.41, 5.74) is 0. The van der Waals surface area contributed by atoms with E-state index < -0.39 is 0 Å². The number of rotatable bonds is 6. The maximum absolute atomic E-state index is 11.9. The Kier molecular flexibility index (Phi) is 5.94. The fraction of sp³-hybridized carbons (Fsp3) is 0.929. The van der Waals surface area contributed by atoms with Crippen LogP contribution in [-0.2, 0) is 4.79 Å². The highest BCUT2D eigenvalue weighted by Gasteiger charge is 2.15. The number of carbonyl (C=O) groups excluding carboxylic acids is 1. The van der Waals surface area contributed by atoms with Crippen LogP contribution in [0.25, 0.3) is 0 Å². The third kappa shape index (κ3) is 4.58. The zero-order valence-corrected chi connectivity index (χ0v) is 11.5. The normalized spacial score (nSPS) is 21.4. The second kappa shape index (κ2) is 7.74. The van der Waals surface area contributed by atoms with Crippen molar-refractivity contribution < 1.29 is 4.79 Å². The average Bonchev–Trinajstić information content (AvgIpc) is 2.92. The molecule has 18 heavy (non-hydrogen) atoms. The number of hydrogen-bond donors (Lipinski definition) is 1. The van der Waals surface area contributed by atoms with Crippen molar-refractivity contribution >= 4 is 5.91 Å². The van der Waals surface area contributed by atoms with Gasteiger partial charge in [0, 0.05) is 13.1 Å². The molecule has 2 rings (SSSR count). The molecule has 1 N–H and O–H groups in total. The van der Waals surface area contributed by atoms with Crippen molar-refractivity contribution in [1.29, 1.82) is 0 Å². The molecular formula is C14H27N3O. The van der Waals surface area contributed by atoms with Gasteiger partial charge in [0.15, 0.2) is 0 Å². The smallest absolute Gasteiger partial charge is 0.236 e. The second-order valence-electron chi connectivity index (χ2n) is 5.52. The van der Waals surface area contributed by atoms with Gasteiger partial charge in [0.25, 0.3) is 0 Å². The molecule has 4 heteroatoms. The molecule has 0 radical (unpaired) electrons. The first-order chi connectivity index (χ1) is 8.86. The zero-order chi connectivity index (χ0) is 12.6. The van der Waals surface area contributed by atoms with Crippen LogP contribution in [0, 0.1) is 0 Å². The summed E-state index contributed by atoms with van der Waals surface area (Å²) in [7, 11) is 0. The van der Waals surface area contributed by atoms with Crippen LogP contribution in [0.3, 0.4) is 0 Å². The number of nitrogens with zero attached hydrogens (tertiary/aromatic N) is 2. The summed E-state index contributed by atoms with van der Waals surface area (Å²) in [6.45, 7) is 7.16. The summed E-state index contributed by atoms with van der Waals surface area (Å²) in [6, 6.07) is 0. The monoisotopic (exact) mass is 253 g/mol. The van der Waals surface area contributed by atoms with E-state index in [2.05, 4.69) is 10.2 Å². The minimum absolute atomic E-state index is 0.288. The molecule has 0 saturated carbocycles. The minimum atomic E-state index is 0.288. The van der Waals surface area contributed by atoms with Crippen LogP contribution in [0.4, 0.5) is 0 Å². The molecule has 2 heterocycles. The van der Waals surface area contributed by atoms with Crippen molar-refractivity contribution in [3.63, 3.8) is 0 Å². The fourth-order valence-corrected chi connectivity index (χ4v) is 2.88. The maximum atomic E-state index is 11.9. The Morgan fingerprint density at radius 2 is 1.61 bits per heavy atom. The van der Waals surface area contributed by atoms with E-state index in [0.29, 0.717) is 6.54 Å². The number of carbonyl (C=O) groups is 1. The van der Waals surface area contributed by atoms with Crippen molar-refractivity contribution in [2.45, 2.75) is 38.5 Å². The van der Waals surface area contributed by atoms with E-state index in [9.17, 15) is 4.79 Å². The highest BCUT2D eigenvalue weighted by Crippen LogP contribution is 2.08. The molecule has 104 valence electrons. The molecule has 1 amide bonds. The Labute approximate surface area is 111 Å². The first-order valence-electron chi connectivity index (χ1n) is 7.57. The minimum Gasteiger partial charge on any atom is -0.342 e. The van der Waals surface area contributed by atoms with Crippen molar-refractivity contribution in [1.82, 2.24) is 15.1 Å². The van der Waals surface area contributed by atoms with Crippen LogP contribution in [0.2, 0.25) is 0 Å². The quantitative estimate of drug-likeness (QED) is 0.719. The zero-order valence-electron chi connectivity index (χ0n) is 11.5. The molecule has 0 aromatic rings. The molecule has 0 atom stereocenters. The van der Waals surface area contributed by atoms with Gasteiger partial charge in [-0.05, 0) is 64.7 Å². The van der Waals surface area contributed by atoms with Crippen LogP contribution in [-0.4, -0.2) is 61.5 Å². The number of amides is 1. The number of piperidine rings is 1. The van der Waals surface area contributed by atoms with E-state index in [4.69, 9.17) is 0 Å². The van der Waals surface area contributed by atoms with Gasteiger partial charge in [-0.1, -0.05) is 0 Å². The standard InChI is InChI=1S/C14H27N3O/c18-14(17-11-2-1-3-12-17)13-15-7-6-10-16-8-4-5-9-16/h15H,1-13H2. The molecular weight excluding hydrogens is 226 g/mol. The van der Waals surface area contributed by atoms with Gasteiger partial charge in [-0.2, -0.15) is 0 Å². The van der Waals surface area contributed by atoms with Gasteiger partial charge in [0.2, 0.25) is 5.91 Å². The molecule has 4 nitrogen and oxygen atoms in total. The third-order valence-corrected chi connectivity index (χ3v) is 4.01. The maximum Gasteiger partial charge on any atom is 0.236 e. The van der Waals surface area contributed by atoms with E-state index >= 15 is 0 Å². The molecule has 0 unspecified atom stereocenters. The van der Waals surface area contributed by atoms with Crippen molar-refractivity contribution in [2.75, 3.05) is 45.8 Å². The highest BCUT2D eigenvalue weighted by molar-refractivity contribution is 5.78. The van der Waals surface area contributed by atoms with Crippen LogP contribution in [0.5, 0.6) is 0 Å². The topological polar surface area (TPSA) is 35.6 Å². The Hall–Kier alpha value is -0.610. The van der Waals surface area contributed by atoms with E-state index in [1.165, 1.54) is 51.7 Å². The first kappa shape index (κ1) is 13.8. The number of hydrogen-bond acceptors (Lipinski definition) is 3. The van der Waals surface area contributed by atoms with Gasteiger partial charge < -0.3 is 15.1 Å². The molecule has 2 aliphatic rings. The largest absolute Gasteiger partial charge is 0.342 e. The molecule has 0 bridgehead atoms. The van der Waals surface area contributed by atoms with Crippen molar-refractivity contribution in [3.05, 3.63) is 0 Å². The molecule has 0 spiro atoms. The Bertz CT molecular complexity index is 245. The molecule has 0 aliphatic carbocycles.